The molecule has 1 heterocycles. The molecule has 0 aromatic heterocycles. The van der Waals surface area contributed by atoms with Crippen molar-refractivity contribution in [2.75, 3.05) is 7.05 Å². The Labute approximate surface area is 80.1 Å². The van der Waals surface area contributed by atoms with Crippen LogP contribution < -0.4 is 0 Å². The molecule has 0 unspecified atom stereocenters. The molecule has 1 saturated carbocycles. The lowest BCUT2D eigenvalue weighted by molar-refractivity contribution is 0.130. The van der Waals surface area contributed by atoms with Crippen LogP contribution in [0.25, 0.3) is 0 Å². The Kier molecular flexibility index (Phi) is 1.44. The van der Waals surface area contributed by atoms with E-state index in [9.17, 15) is 0 Å². The maximum atomic E-state index is 5.44. The summed E-state index contributed by atoms with van der Waals surface area (Å²) in [5, 5.41) is 0. The van der Waals surface area contributed by atoms with Gasteiger partial charge in [-0.05, 0) is 25.2 Å². The van der Waals surface area contributed by atoms with Crippen molar-refractivity contribution in [2.24, 2.45) is 11.3 Å². The number of thiocarbonyl (C=S) groups is 1. The van der Waals surface area contributed by atoms with E-state index in [4.69, 9.17) is 12.2 Å². The molecule has 0 aromatic carbocycles. The smallest absolute Gasteiger partial charge is 0.0819 e. The third-order valence-electron chi connectivity index (χ3n) is 4.55. The Balaban J connectivity index is 2.50. The first-order chi connectivity index (χ1) is 5.41. The summed E-state index contributed by atoms with van der Waals surface area (Å²) in [5.74, 6) is 0.655. The zero-order chi connectivity index (χ0) is 9.15. The molecule has 2 fully saturated rings. The average molecular weight is 183 g/mol. The zero-order valence-electron chi connectivity index (χ0n) is 8.35. The summed E-state index contributed by atoms with van der Waals surface area (Å²) in [5.41, 5.74) is 0.716. The van der Waals surface area contributed by atoms with Gasteiger partial charge in [0.05, 0.1) is 4.99 Å². The highest BCUT2D eigenvalue weighted by molar-refractivity contribution is 7.80. The van der Waals surface area contributed by atoms with Gasteiger partial charge in [-0.1, -0.05) is 26.1 Å². The molecule has 2 atom stereocenters. The van der Waals surface area contributed by atoms with Crippen LogP contribution in [0.4, 0.5) is 0 Å². The lowest BCUT2D eigenvalue weighted by atomic mass is 9.75. The number of rotatable bonds is 0. The molecule has 0 spiro atoms. The van der Waals surface area contributed by atoms with Gasteiger partial charge in [0.2, 0.25) is 0 Å². The molecule has 1 saturated heterocycles. The van der Waals surface area contributed by atoms with Crippen LogP contribution >= 0.6 is 12.2 Å². The molecule has 12 heavy (non-hydrogen) atoms. The predicted octanol–water partition coefficient (Wildman–Crippen LogP) is 2.45. The molecular formula is C10H17NS. The fraction of sp³-hybridized carbons (Fsp3) is 0.900. The van der Waals surface area contributed by atoms with Crippen molar-refractivity contribution in [1.82, 2.24) is 4.90 Å². The summed E-state index contributed by atoms with van der Waals surface area (Å²) >= 11 is 5.44. The van der Waals surface area contributed by atoms with Gasteiger partial charge in [0.15, 0.2) is 0 Å². The van der Waals surface area contributed by atoms with Gasteiger partial charge in [0.1, 0.15) is 0 Å². The summed E-state index contributed by atoms with van der Waals surface area (Å²) in [4.78, 5) is 3.52. The summed E-state index contributed by atoms with van der Waals surface area (Å²) in [6.45, 7) is 7.08. The van der Waals surface area contributed by atoms with Crippen molar-refractivity contribution in [3.05, 3.63) is 0 Å². The van der Waals surface area contributed by atoms with Crippen molar-refractivity contribution in [3.8, 4) is 0 Å². The van der Waals surface area contributed by atoms with Crippen LogP contribution in [0.15, 0.2) is 0 Å². The SMILES string of the molecule is CN1C(=S)[C@H]2CC[C@]1(C)C2(C)C. The van der Waals surface area contributed by atoms with E-state index in [1.807, 2.05) is 0 Å². The fourth-order valence-electron chi connectivity index (χ4n) is 2.99. The molecule has 0 radical (unpaired) electrons. The van der Waals surface area contributed by atoms with Crippen LogP contribution in [0.1, 0.15) is 33.6 Å². The van der Waals surface area contributed by atoms with Crippen LogP contribution in [-0.4, -0.2) is 22.5 Å². The lowest BCUT2D eigenvalue weighted by Crippen LogP contribution is -2.46. The van der Waals surface area contributed by atoms with Crippen LogP contribution in [0, 0.1) is 11.3 Å². The molecule has 0 aromatic rings. The van der Waals surface area contributed by atoms with Crippen molar-refractivity contribution < 1.29 is 0 Å². The summed E-state index contributed by atoms with van der Waals surface area (Å²) in [7, 11) is 2.16. The second kappa shape index (κ2) is 2.03. The van der Waals surface area contributed by atoms with Gasteiger partial charge in [0, 0.05) is 18.5 Å². The van der Waals surface area contributed by atoms with Gasteiger partial charge in [-0.3, -0.25) is 0 Å². The fourth-order valence-corrected chi connectivity index (χ4v) is 3.61. The second-order valence-electron chi connectivity index (χ2n) is 4.98. The molecule has 2 bridgehead atoms. The molecule has 0 N–H and O–H groups in total. The molecule has 1 nitrogen and oxygen atoms in total. The van der Waals surface area contributed by atoms with E-state index in [0.717, 1.165) is 0 Å². The number of piperidine rings is 1. The van der Waals surface area contributed by atoms with E-state index in [0.29, 0.717) is 16.9 Å². The molecule has 0 amide bonds. The summed E-state index contributed by atoms with van der Waals surface area (Å²) in [6, 6.07) is 0. The van der Waals surface area contributed by atoms with E-state index in [1.54, 1.807) is 0 Å². The Morgan fingerprint density at radius 1 is 1.42 bits per heavy atom. The molecular weight excluding hydrogens is 166 g/mol. The lowest BCUT2D eigenvalue weighted by Gasteiger charge is -2.40. The minimum Gasteiger partial charge on any atom is -0.363 e. The third-order valence-corrected chi connectivity index (χ3v) is 5.11. The first-order valence-corrected chi connectivity index (χ1v) is 5.10. The summed E-state index contributed by atoms with van der Waals surface area (Å²) in [6.07, 6.45) is 2.61. The maximum absolute atomic E-state index is 5.44. The summed E-state index contributed by atoms with van der Waals surface area (Å²) < 4.78 is 0. The molecule has 1 aliphatic heterocycles. The zero-order valence-corrected chi connectivity index (χ0v) is 9.16. The number of nitrogens with zero attached hydrogens (tertiary/aromatic N) is 1. The second-order valence-corrected chi connectivity index (χ2v) is 5.40. The number of fused-ring (bicyclic) bond motifs is 2. The van der Waals surface area contributed by atoms with Gasteiger partial charge >= 0.3 is 0 Å². The van der Waals surface area contributed by atoms with Crippen LogP contribution in [-0.2, 0) is 0 Å². The molecule has 68 valence electrons. The largest absolute Gasteiger partial charge is 0.363 e. The van der Waals surface area contributed by atoms with E-state index in [2.05, 4.69) is 32.7 Å². The third kappa shape index (κ3) is 0.642. The van der Waals surface area contributed by atoms with E-state index >= 15 is 0 Å². The first-order valence-electron chi connectivity index (χ1n) is 4.69. The van der Waals surface area contributed by atoms with Gasteiger partial charge in [-0.2, -0.15) is 0 Å². The predicted molar refractivity (Wildman–Crippen MR) is 55.3 cm³/mol. The highest BCUT2D eigenvalue weighted by atomic mass is 32.1. The number of hydrogen-bond donors (Lipinski definition) is 0. The normalized spacial score (nSPS) is 44.2. The average Bonchev–Trinajstić information content (AvgIpc) is 2.26. The van der Waals surface area contributed by atoms with Crippen LogP contribution in [0.3, 0.4) is 0 Å². The molecule has 2 aliphatic rings. The van der Waals surface area contributed by atoms with Gasteiger partial charge in [0.25, 0.3) is 0 Å². The van der Waals surface area contributed by atoms with E-state index < -0.39 is 0 Å². The topological polar surface area (TPSA) is 3.24 Å². The quantitative estimate of drug-likeness (QED) is 0.531. The number of hydrogen-bond acceptors (Lipinski definition) is 1. The maximum Gasteiger partial charge on any atom is 0.0819 e. The van der Waals surface area contributed by atoms with Gasteiger partial charge in [-0.15, -0.1) is 0 Å². The highest BCUT2D eigenvalue weighted by Crippen LogP contribution is 2.59. The molecule has 2 heteroatoms. The van der Waals surface area contributed by atoms with Crippen LogP contribution in [0.5, 0.6) is 0 Å². The van der Waals surface area contributed by atoms with Crippen molar-refractivity contribution in [2.45, 2.75) is 39.2 Å². The Morgan fingerprint density at radius 2 is 2.00 bits per heavy atom. The molecule has 2 rings (SSSR count). The van der Waals surface area contributed by atoms with Crippen molar-refractivity contribution >= 4 is 17.2 Å². The Hall–Kier alpha value is -0.110. The molecule has 1 aliphatic carbocycles. The Bertz CT molecular complexity index is 246. The van der Waals surface area contributed by atoms with E-state index in [1.165, 1.54) is 17.8 Å². The first kappa shape index (κ1) is 8.49. The van der Waals surface area contributed by atoms with Gasteiger partial charge < -0.3 is 4.90 Å². The monoisotopic (exact) mass is 183 g/mol. The highest BCUT2D eigenvalue weighted by Gasteiger charge is 2.61. The Morgan fingerprint density at radius 3 is 2.25 bits per heavy atom. The van der Waals surface area contributed by atoms with Crippen molar-refractivity contribution in [3.63, 3.8) is 0 Å². The van der Waals surface area contributed by atoms with Crippen molar-refractivity contribution in [1.29, 1.82) is 0 Å². The minimum absolute atomic E-state index is 0.328. The standard InChI is InChI=1S/C10H17NS/c1-9(2)7-5-6-10(9,3)11(4)8(7)12/h7H,5-6H2,1-4H3/t7-,10-/m1/s1. The minimum atomic E-state index is 0.328. The van der Waals surface area contributed by atoms with E-state index in [-0.39, 0.29) is 0 Å². The van der Waals surface area contributed by atoms with Gasteiger partial charge in [-0.25, -0.2) is 0 Å². The van der Waals surface area contributed by atoms with Crippen LogP contribution in [0.2, 0.25) is 0 Å². The number of likely N-dealkylation sites (tertiary alicyclic amines) is 1.